The standard InChI is InChI=1S/C17H17FN2O4/c1-10(17(22)12-3-6-14(18)7-4-12)19-15-8-5-13(11(2)21)9-16(15)20(23)24/h3-10,17,19,22H,1-2H3. The van der Waals surface area contributed by atoms with Crippen molar-refractivity contribution in [2.24, 2.45) is 0 Å². The van der Waals surface area contributed by atoms with Crippen LogP contribution in [0.2, 0.25) is 0 Å². The Hall–Kier alpha value is -2.80. The molecule has 0 aliphatic carbocycles. The van der Waals surface area contributed by atoms with Crippen molar-refractivity contribution in [1.82, 2.24) is 0 Å². The third-order valence-corrected chi connectivity index (χ3v) is 3.67. The molecule has 6 nitrogen and oxygen atoms in total. The van der Waals surface area contributed by atoms with Crippen molar-refractivity contribution < 1.29 is 19.2 Å². The van der Waals surface area contributed by atoms with Gasteiger partial charge in [0.2, 0.25) is 0 Å². The van der Waals surface area contributed by atoms with Crippen LogP contribution >= 0.6 is 0 Å². The summed E-state index contributed by atoms with van der Waals surface area (Å²) in [4.78, 5) is 22.0. The van der Waals surface area contributed by atoms with Gasteiger partial charge in [-0.2, -0.15) is 0 Å². The molecule has 0 saturated carbocycles. The van der Waals surface area contributed by atoms with Crippen molar-refractivity contribution in [2.45, 2.75) is 26.0 Å². The van der Waals surface area contributed by atoms with E-state index in [9.17, 15) is 24.4 Å². The molecule has 126 valence electrons. The van der Waals surface area contributed by atoms with Gasteiger partial charge in [-0.3, -0.25) is 14.9 Å². The van der Waals surface area contributed by atoms with Crippen LogP contribution in [0.3, 0.4) is 0 Å². The maximum absolute atomic E-state index is 12.9. The normalized spacial score (nSPS) is 13.2. The quantitative estimate of drug-likeness (QED) is 0.480. The number of halogens is 1. The number of nitro groups is 1. The Morgan fingerprint density at radius 3 is 2.42 bits per heavy atom. The van der Waals surface area contributed by atoms with Gasteiger partial charge in [0.15, 0.2) is 5.78 Å². The first-order valence-electron chi connectivity index (χ1n) is 7.29. The molecule has 0 bridgehead atoms. The molecule has 0 saturated heterocycles. The van der Waals surface area contributed by atoms with Gasteiger partial charge >= 0.3 is 0 Å². The number of hydrogen-bond acceptors (Lipinski definition) is 5. The Balaban J connectivity index is 2.24. The van der Waals surface area contributed by atoms with Gasteiger partial charge < -0.3 is 10.4 Å². The van der Waals surface area contributed by atoms with E-state index in [0.717, 1.165) is 0 Å². The number of nitro benzene ring substituents is 1. The molecule has 0 heterocycles. The number of carbonyl (C=O) groups is 1. The summed E-state index contributed by atoms with van der Waals surface area (Å²) in [7, 11) is 0. The van der Waals surface area contributed by atoms with Crippen LogP contribution in [-0.4, -0.2) is 21.9 Å². The van der Waals surface area contributed by atoms with Crippen LogP contribution in [0.25, 0.3) is 0 Å². The number of Topliss-reactive ketones (excluding diaryl/α,β-unsaturated/α-hetero) is 1. The minimum Gasteiger partial charge on any atom is -0.386 e. The Morgan fingerprint density at radius 2 is 1.88 bits per heavy atom. The lowest BCUT2D eigenvalue weighted by Gasteiger charge is -2.21. The molecule has 0 spiro atoms. The van der Waals surface area contributed by atoms with Gasteiger partial charge in [0.25, 0.3) is 5.69 Å². The van der Waals surface area contributed by atoms with E-state index in [0.29, 0.717) is 5.56 Å². The van der Waals surface area contributed by atoms with E-state index in [4.69, 9.17) is 0 Å². The van der Waals surface area contributed by atoms with Crippen molar-refractivity contribution in [3.63, 3.8) is 0 Å². The van der Waals surface area contributed by atoms with E-state index in [2.05, 4.69) is 5.32 Å². The number of aliphatic hydroxyl groups is 1. The monoisotopic (exact) mass is 332 g/mol. The number of rotatable bonds is 6. The van der Waals surface area contributed by atoms with Crippen LogP contribution < -0.4 is 5.32 Å². The minimum absolute atomic E-state index is 0.193. The summed E-state index contributed by atoms with van der Waals surface area (Å²) in [6, 6.07) is 8.90. The molecule has 2 rings (SSSR count). The van der Waals surface area contributed by atoms with Crippen LogP contribution in [0, 0.1) is 15.9 Å². The number of hydrogen-bond donors (Lipinski definition) is 2. The van der Waals surface area contributed by atoms with Crippen LogP contribution in [-0.2, 0) is 0 Å². The molecule has 2 unspecified atom stereocenters. The molecule has 0 aromatic heterocycles. The number of carbonyl (C=O) groups excluding carboxylic acids is 1. The van der Waals surface area contributed by atoms with Crippen molar-refractivity contribution in [2.75, 3.05) is 5.32 Å². The van der Waals surface area contributed by atoms with E-state index >= 15 is 0 Å². The zero-order valence-corrected chi connectivity index (χ0v) is 13.2. The second-order valence-corrected chi connectivity index (χ2v) is 5.47. The number of benzene rings is 2. The summed E-state index contributed by atoms with van der Waals surface area (Å²) in [6.07, 6.45) is -0.988. The summed E-state index contributed by atoms with van der Waals surface area (Å²) < 4.78 is 12.9. The van der Waals surface area contributed by atoms with E-state index in [1.165, 1.54) is 49.4 Å². The topological polar surface area (TPSA) is 92.5 Å². The van der Waals surface area contributed by atoms with E-state index < -0.39 is 22.9 Å². The number of nitrogens with zero attached hydrogens (tertiary/aromatic N) is 1. The smallest absolute Gasteiger partial charge is 0.293 e. The highest BCUT2D eigenvalue weighted by molar-refractivity contribution is 5.95. The summed E-state index contributed by atoms with van der Waals surface area (Å²) in [5, 5.41) is 24.4. The van der Waals surface area contributed by atoms with Crippen LogP contribution in [0.5, 0.6) is 0 Å². The van der Waals surface area contributed by atoms with E-state index in [-0.39, 0.29) is 22.7 Å². The predicted molar refractivity (Wildman–Crippen MR) is 87.5 cm³/mol. The largest absolute Gasteiger partial charge is 0.386 e. The van der Waals surface area contributed by atoms with Gasteiger partial charge in [-0.05, 0) is 43.7 Å². The maximum Gasteiger partial charge on any atom is 0.293 e. The van der Waals surface area contributed by atoms with Crippen molar-refractivity contribution >= 4 is 17.2 Å². The van der Waals surface area contributed by atoms with Crippen molar-refractivity contribution in [3.8, 4) is 0 Å². The van der Waals surface area contributed by atoms with Crippen molar-refractivity contribution in [3.05, 3.63) is 69.5 Å². The maximum atomic E-state index is 12.9. The molecule has 2 N–H and O–H groups in total. The van der Waals surface area contributed by atoms with Gasteiger partial charge in [0.05, 0.1) is 17.1 Å². The molecule has 2 atom stereocenters. The van der Waals surface area contributed by atoms with E-state index in [1.54, 1.807) is 6.92 Å². The Morgan fingerprint density at radius 1 is 1.25 bits per heavy atom. The molecule has 0 radical (unpaired) electrons. The first-order chi connectivity index (χ1) is 11.3. The lowest BCUT2D eigenvalue weighted by molar-refractivity contribution is -0.384. The third kappa shape index (κ3) is 3.94. The van der Waals surface area contributed by atoms with Gasteiger partial charge in [-0.15, -0.1) is 0 Å². The number of ketones is 1. The highest BCUT2D eigenvalue weighted by atomic mass is 19.1. The Kier molecular flexibility index (Phi) is 5.25. The fraction of sp³-hybridized carbons (Fsp3) is 0.235. The average Bonchev–Trinajstić information content (AvgIpc) is 2.54. The first kappa shape index (κ1) is 17.6. The molecule has 0 aliphatic heterocycles. The molecule has 24 heavy (non-hydrogen) atoms. The zero-order chi connectivity index (χ0) is 17.9. The highest BCUT2D eigenvalue weighted by Crippen LogP contribution is 2.29. The van der Waals surface area contributed by atoms with Crippen LogP contribution in [0.1, 0.15) is 35.9 Å². The molecule has 2 aromatic rings. The molecular weight excluding hydrogens is 315 g/mol. The predicted octanol–water partition coefficient (Wildman–Crippen LogP) is 3.47. The average molecular weight is 332 g/mol. The molecule has 2 aromatic carbocycles. The molecular formula is C17H17FN2O4. The molecule has 0 fully saturated rings. The van der Waals surface area contributed by atoms with Gasteiger partial charge in [-0.1, -0.05) is 12.1 Å². The highest BCUT2D eigenvalue weighted by Gasteiger charge is 2.21. The summed E-state index contributed by atoms with van der Waals surface area (Å²) in [6.45, 7) is 2.98. The Bertz CT molecular complexity index is 762. The molecule has 0 amide bonds. The molecule has 7 heteroatoms. The third-order valence-electron chi connectivity index (χ3n) is 3.67. The lowest BCUT2D eigenvalue weighted by Crippen LogP contribution is -2.24. The number of aliphatic hydroxyl groups excluding tert-OH is 1. The van der Waals surface area contributed by atoms with Crippen molar-refractivity contribution in [1.29, 1.82) is 0 Å². The fourth-order valence-corrected chi connectivity index (χ4v) is 2.30. The van der Waals surface area contributed by atoms with Gasteiger partial charge in [0, 0.05) is 11.6 Å². The number of anilines is 1. The fourth-order valence-electron chi connectivity index (χ4n) is 2.30. The van der Waals surface area contributed by atoms with Crippen LogP contribution in [0.15, 0.2) is 42.5 Å². The summed E-state index contributed by atoms with van der Waals surface area (Å²) in [5.74, 6) is -0.689. The second kappa shape index (κ2) is 7.18. The first-order valence-corrected chi connectivity index (χ1v) is 7.29. The number of nitrogens with one attached hydrogen (secondary N) is 1. The SMILES string of the molecule is CC(=O)c1ccc(NC(C)C(O)c2ccc(F)cc2)c([N+](=O)[O-])c1. The Labute approximate surface area is 138 Å². The summed E-state index contributed by atoms with van der Waals surface area (Å²) in [5.41, 5.74) is 0.665. The molecule has 0 aliphatic rings. The van der Waals surface area contributed by atoms with Gasteiger partial charge in [-0.25, -0.2) is 4.39 Å². The second-order valence-electron chi connectivity index (χ2n) is 5.47. The van der Waals surface area contributed by atoms with Crippen LogP contribution in [0.4, 0.5) is 15.8 Å². The minimum atomic E-state index is -0.988. The zero-order valence-electron chi connectivity index (χ0n) is 13.2. The lowest BCUT2D eigenvalue weighted by atomic mass is 10.0. The van der Waals surface area contributed by atoms with E-state index in [1.807, 2.05) is 0 Å². The summed E-state index contributed by atoms with van der Waals surface area (Å²) >= 11 is 0. The van der Waals surface area contributed by atoms with Gasteiger partial charge in [0.1, 0.15) is 11.5 Å².